The zero-order valence-electron chi connectivity index (χ0n) is 17.7. The summed E-state index contributed by atoms with van der Waals surface area (Å²) in [6, 6.07) is 7.35. The minimum absolute atomic E-state index is 0.0337. The number of rotatable bonds is 2. The van der Waals surface area contributed by atoms with Crippen LogP contribution in [-0.2, 0) is 9.59 Å². The van der Waals surface area contributed by atoms with Gasteiger partial charge in [0.25, 0.3) is 5.91 Å². The molecule has 1 unspecified atom stereocenters. The second-order valence-corrected chi connectivity index (χ2v) is 9.69. The number of fused-ring (bicyclic) bond motifs is 6. The van der Waals surface area contributed by atoms with Crippen molar-refractivity contribution in [3.05, 3.63) is 36.0 Å². The van der Waals surface area contributed by atoms with Crippen molar-refractivity contribution in [1.82, 2.24) is 14.8 Å². The maximum Gasteiger partial charge on any atom is 0.332 e. The van der Waals surface area contributed by atoms with Crippen LogP contribution < -0.4 is 4.90 Å². The van der Waals surface area contributed by atoms with Gasteiger partial charge in [0.1, 0.15) is 12.1 Å². The Morgan fingerprint density at radius 2 is 2.03 bits per heavy atom. The lowest BCUT2D eigenvalue weighted by atomic mass is 9.91. The maximum atomic E-state index is 13.5. The predicted molar refractivity (Wildman–Crippen MR) is 113 cm³/mol. The molecule has 158 valence electrons. The van der Waals surface area contributed by atoms with Gasteiger partial charge >= 0.3 is 6.03 Å². The van der Waals surface area contributed by atoms with Crippen LogP contribution in [0.15, 0.2) is 30.5 Å². The summed E-state index contributed by atoms with van der Waals surface area (Å²) < 4.78 is 0. The number of pyridine rings is 1. The van der Waals surface area contributed by atoms with Gasteiger partial charge in [-0.25, -0.2) is 9.69 Å². The lowest BCUT2D eigenvalue weighted by Gasteiger charge is -2.36. The van der Waals surface area contributed by atoms with Crippen LogP contribution in [0.1, 0.15) is 39.2 Å². The number of benzene rings is 1. The summed E-state index contributed by atoms with van der Waals surface area (Å²) in [5, 5.41) is 9.96. The summed E-state index contributed by atoms with van der Waals surface area (Å²) in [5.41, 5.74) is 1.13. The third-order valence-corrected chi connectivity index (χ3v) is 6.37. The second kappa shape index (κ2) is 6.51. The van der Waals surface area contributed by atoms with Gasteiger partial charge in [-0.1, -0.05) is 20.8 Å². The van der Waals surface area contributed by atoms with Gasteiger partial charge < -0.3 is 9.80 Å². The molecule has 4 heterocycles. The first kappa shape index (κ1) is 19.5. The number of amides is 4. The number of anilines is 1. The van der Waals surface area contributed by atoms with Crippen molar-refractivity contribution >= 4 is 34.4 Å². The molecule has 3 saturated heterocycles. The molecule has 3 aliphatic heterocycles. The van der Waals surface area contributed by atoms with Crippen LogP contribution >= 0.6 is 0 Å². The van der Waals surface area contributed by atoms with Crippen molar-refractivity contribution in [3.63, 3.8) is 0 Å². The van der Waals surface area contributed by atoms with Crippen LogP contribution in [0, 0.1) is 16.7 Å². The van der Waals surface area contributed by atoms with Crippen molar-refractivity contribution in [1.29, 1.82) is 5.26 Å². The van der Waals surface area contributed by atoms with Crippen molar-refractivity contribution in [3.8, 4) is 6.07 Å². The molecule has 2 aromatic rings. The molecular formula is C23H23N5O3. The number of carbonyl (C=O) groups is 3. The predicted octanol–water partition coefficient (Wildman–Crippen LogP) is 2.66. The molecular weight excluding hydrogens is 394 g/mol. The minimum Gasteiger partial charge on any atom is -0.335 e. The Balaban J connectivity index is 1.51. The van der Waals surface area contributed by atoms with Crippen molar-refractivity contribution in [2.45, 2.75) is 51.7 Å². The van der Waals surface area contributed by atoms with Gasteiger partial charge in [-0.15, -0.1) is 0 Å². The van der Waals surface area contributed by atoms with Crippen LogP contribution in [0.2, 0.25) is 0 Å². The average Bonchev–Trinajstić information content (AvgIpc) is 3.38. The highest BCUT2D eigenvalue weighted by atomic mass is 16.2. The maximum absolute atomic E-state index is 13.5. The van der Waals surface area contributed by atoms with Gasteiger partial charge in [0.05, 0.1) is 28.9 Å². The monoisotopic (exact) mass is 417 g/mol. The van der Waals surface area contributed by atoms with Gasteiger partial charge in [0, 0.05) is 24.5 Å². The van der Waals surface area contributed by atoms with Crippen LogP contribution in [0.25, 0.3) is 10.9 Å². The van der Waals surface area contributed by atoms with E-state index < -0.39 is 6.04 Å². The first-order chi connectivity index (χ1) is 14.7. The van der Waals surface area contributed by atoms with E-state index in [1.807, 2.05) is 20.8 Å². The fourth-order valence-corrected chi connectivity index (χ4v) is 5.16. The summed E-state index contributed by atoms with van der Waals surface area (Å²) in [7, 11) is 0. The van der Waals surface area contributed by atoms with Gasteiger partial charge in [0.2, 0.25) is 5.91 Å². The number of imide groups is 1. The zero-order valence-corrected chi connectivity index (χ0v) is 17.7. The molecule has 3 atom stereocenters. The van der Waals surface area contributed by atoms with Gasteiger partial charge in [-0.2, -0.15) is 5.26 Å². The number of nitrogens with zero attached hydrogens (tertiary/aromatic N) is 5. The van der Waals surface area contributed by atoms with Crippen LogP contribution in [0.4, 0.5) is 10.5 Å². The Kier molecular flexibility index (Phi) is 4.09. The summed E-state index contributed by atoms with van der Waals surface area (Å²) in [5.74, 6) is -0.285. The number of aromatic nitrogens is 1. The zero-order chi connectivity index (χ0) is 22.1. The largest absolute Gasteiger partial charge is 0.335 e. The van der Waals surface area contributed by atoms with E-state index in [2.05, 4.69) is 11.1 Å². The Morgan fingerprint density at radius 3 is 2.74 bits per heavy atom. The van der Waals surface area contributed by atoms with Crippen molar-refractivity contribution < 1.29 is 14.4 Å². The van der Waals surface area contributed by atoms with E-state index in [9.17, 15) is 19.6 Å². The van der Waals surface area contributed by atoms with E-state index in [1.54, 1.807) is 40.3 Å². The van der Waals surface area contributed by atoms with Crippen molar-refractivity contribution in [2.75, 3.05) is 11.4 Å². The molecule has 3 fully saturated rings. The molecule has 3 aliphatic rings. The molecule has 8 heteroatoms. The molecule has 0 spiro atoms. The number of hydrogen-bond donors (Lipinski definition) is 0. The first-order valence-corrected chi connectivity index (χ1v) is 10.4. The topological polar surface area (TPSA) is 97.6 Å². The summed E-state index contributed by atoms with van der Waals surface area (Å²) in [6.45, 7) is 6.52. The van der Waals surface area contributed by atoms with Gasteiger partial charge in [-0.3, -0.25) is 14.6 Å². The third-order valence-electron chi connectivity index (χ3n) is 6.37. The molecule has 31 heavy (non-hydrogen) atoms. The number of urea groups is 1. The second-order valence-electron chi connectivity index (χ2n) is 9.69. The van der Waals surface area contributed by atoms with E-state index in [0.29, 0.717) is 41.5 Å². The van der Waals surface area contributed by atoms with E-state index in [0.717, 1.165) is 0 Å². The smallest absolute Gasteiger partial charge is 0.332 e. The summed E-state index contributed by atoms with van der Waals surface area (Å²) in [6.07, 6.45) is 2.63. The number of piperazine rings is 1. The Morgan fingerprint density at radius 1 is 1.26 bits per heavy atom. The highest BCUT2D eigenvalue weighted by Gasteiger charge is 2.63. The number of nitriles is 1. The van der Waals surface area contributed by atoms with Crippen molar-refractivity contribution in [2.24, 2.45) is 5.41 Å². The Labute approximate surface area is 180 Å². The van der Waals surface area contributed by atoms with Crippen LogP contribution in [-0.4, -0.2) is 57.3 Å². The standard InChI is InChI=1S/C23H23N5O3/c1-23(2,3)10-18(29)26-12-14-9-17(26)20-21(30)28(22(31)27(14)20)16-7-6-13(11-24)19-15(16)5-4-8-25-19/h4-8,14,17,20H,9-10,12H2,1-3H3/t14-,17?,20+/m1/s1. The molecule has 2 bridgehead atoms. The quantitative estimate of drug-likeness (QED) is 0.700. The molecule has 5 rings (SSSR count). The fraction of sp³-hybridized carbons (Fsp3) is 0.435. The first-order valence-electron chi connectivity index (χ1n) is 10.4. The molecule has 4 amide bonds. The van der Waals surface area contributed by atoms with E-state index in [1.165, 1.54) is 4.90 Å². The van der Waals surface area contributed by atoms with Gasteiger partial charge in [-0.05, 0) is 36.1 Å². The summed E-state index contributed by atoms with van der Waals surface area (Å²) >= 11 is 0. The molecule has 0 saturated carbocycles. The molecule has 1 aromatic carbocycles. The Bertz CT molecular complexity index is 1180. The fourth-order valence-electron chi connectivity index (χ4n) is 5.16. The lowest BCUT2D eigenvalue weighted by Crippen LogP contribution is -2.55. The normalized spacial score (nSPS) is 24.8. The number of hydrogen-bond acceptors (Lipinski definition) is 5. The highest BCUT2D eigenvalue weighted by molar-refractivity contribution is 6.25. The van der Waals surface area contributed by atoms with E-state index >= 15 is 0 Å². The minimum atomic E-state index is -0.655. The molecule has 0 aliphatic carbocycles. The Hall–Kier alpha value is -3.47. The SMILES string of the molecule is CC(C)(C)CC(=O)N1C[C@H]2CC1[C@H]1C(=O)N(c3ccc(C#N)c4ncccc34)C(=O)N21. The molecule has 0 N–H and O–H groups in total. The van der Waals surface area contributed by atoms with Crippen LogP contribution in [0.5, 0.6) is 0 Å². The molecule has 0 radical (unpaired) electrons. The van der Waals surface area contributed by atoms with E-state index in [-0.39, 0.29) is 35.3 Å². The third kappa shape index (κ3) is 2.80. The molecule has 1 aromatic heterocycles. The van der Waals surface area contributed by atoms with E-state index in [4.69, 9.17) is 0 Å². The lowest BCUT2D eigenvalue weighted by molar-refractivity contribution is -0.137. The molecule has 8 nitrogen and oxygen atoms in total. The summed E-state index contributed by atoms with van der Waals surface area (Å²) in [4.78, 5) is 48.6. The average molecular weight is 417 g/mol. The number of likely N-dealkylation sites (tertiary alicyclic amines) is 1. The highest BCUT2D eigenvalue weighted by Crippen LogP contribution is 2.44. The van der Waals surface area contributed by atoms with Crippen LogP contribution in [0.3, 0.4) is 0 Å². The van der Waals surface area contributed by atoms with Gasteiger partial charge in [0.15, 0.2) is 0 Å². The number of carbonyl (C=O) groups excluding carboxylic acids is 3.